The molecule has 5 heteroatoms. The van der Waals surface area contributed by atoms with E-state index in [0.717, 1.165) is 27.6 Å². The van der Waals surface area contributed by atoms with Gasteiger partial charge in [0, 0.05) is 22.4 Å². The number of rotatable bonds is 6. The van der Waals surface area contributed by atoms with Gasteiger partial charge < -0.3 is 18.6 Å². The second-order valence-corrected chi connectivity index (χ2v) is 7.45. The van der Waals surface area contributed by atoms with Gasteiger partial charge in [0.1, 0.15) is 17.9 Å². The molecule has 4 rings (SSSR count). The molecule has 0 aliphatic carbocycles. The van der Waals surface area contributed by atoms with Crippen molar-refractivity contribution in [3.05, 3.63) is 76.1 Å². The molecule has 0 saturated carbocycles. The van der Waals surface area contributed by atoms with Crippen molar-refractivity contribution in [3.8, 4) is 17.2 Å². The fourth-order valence-corrected chi connectivity index (χ4v) is 3.57. The van der Waals surface area contributed by atoms with E-state index in [-0.39, 0.29) is 5.63 Å². The van der Waals surface area contributed by atoms with E-state index in [4.69, 9.17) is 18.6 Å². The highest BCUT2D eigenvalue weighted by molar-refractivity contribution is 6.05. The number of para-hydroxylation sites is 1. The Morgan fingerprint density at radius 3 is 2.33 bits per heavy atom. The third-order valence-electron chi connectivity index (χ3n) is 5.26. The van der Waals surface area contributed by atoms with Gasteiger partial charge >= 0.3 is 5.63 Å². The standard InChI is InChI=1S/C25H24O5/c1-15(2)16-9-10-18-19-12-23(28-4)24(13-22(19)30-25(26)20(18)11-16)29-14-17-7-5-6-8-21(17)27-3/h5-13,15H,14H2,1-4H3. The molecule has 1 heterocycles. The highest BCUT2D eigenvalue weighted by atomic mass is 16.5. The number of benzene rings is 3. The van der Waals surface area contributed by atoms with Gasteiger partial charge in [0.2, 0.25) is 0 Å². The molecular formula is C25H24O5. The van der Waals surface area contributed by atoms with Crippen LogP contribution in [-0.2, 0) is 6.61 Å². The Morgan fingerprint density at radius 1 is 0.833 bits per heavy atom. The van der Waals surface area contributed by atoms with E-state index in [0.29, 0.717) is 35.0 Å². The first-order chi connectivity index (χ1) is 14.5. The Hall–Kier alpha value is -3.47. The third kappa shape index (κ3) is 3.59. The molecule has 0 fully saturated rings. The van der Waals surface area contributed by atoms with Gasteiger partial charge in [0.05, 0.1) is 19.6 Å². The molecule has 0 aliphatic rings. The van der Waals surface area contributed by atoms with Crippen LogP contribution in [0, 0.1) is 0 Å². The molecule has 0 radical (unpaired) electrons. The predicted octanol–water partition coefficient (Wildman–Crippen LogP) is 5.67. The summed E-state index contributed by atoms with van der Waals surface area (Å²) >= 11 is 0. The molecule has 0 atom stereocenters. The first-order valence-corrected chi connectivity index (χ1v) is 9.85. The molecule has 0 bridgehead atoms. The predicted molar refractivity (Wildman–Crippen MR) is 118 cm³/mol. The van der Waals surface area contributed by atoms with Crippen molar-refractivity contribution < 1.29 is 18.6 Å². The van der Waals surface area contributed by atoms with E-state index >= 15 is 0 Å². The Bertz CT molecular complexity index is 1270. The summed E-state index contributed by atoms with van der Waals surface area (Å²) in [4.78, 5) is 12.6. The van der Waals surface area contributed by atoms with Crippen LogP contribution in [0.1, 0.15) is 30.9 Å². The highest BCUT2D eigenvalue weighted by Gasteiger charge is 2.15. The molecule has 3 aromatic carbocycles. The number of hydrogen-bond donors (Lipinski definition) is 0. The van der Waals surface area contributed by atoms with Crippen molar-refractivity contribution in [1.29, 1.82) is 0 Å². The maximum Gasteiger partial charge on any atom is 0.344 e. The van der Waals surface area contributed by atoms with Crippen LogP contribution < -0.4 is 19.8 Å². The van der Waals surface area contributed by atoms with Crippen molar-refractivity contribution in [2.24, 2.45) is 0 Å². The monoisotopic (exact) mass is 404 g/mol. The van der Waals surface area contributed by atoms with Gasteiger partial charge in [-0.25, -0.2) is 4.79 Å². The molecule has 154 valence electrons. The van der Waals surface area contributed by atoms with Crippen LogP contribution in [-0.4, -0.2) is 14.2 Å². The quantitative estimate of drug-likeness (QED) is 0.306. The fourth-order valence-electron chi connectivity index (χ4n) is 3.57. The van der Waals surface area contributed by atoms with Crippen molar-refractivity contribution in [3.63, 3.8) is 0 Å². The maximum absolute atomic E-state index is 12.6. The van der Waals surface area contributed by atoms with Crippen molar-refractivity contribution in [1.82, 2.24) is 0 Å². The minimum atomic E-state index is -0.360. The normalized spacial score (nSPS) is 11.2. The lowest BCUT2D eigenvalue weighted by Crippen LogP contribution is -2.03. The zero-order chi connectivity index (χ0) is 21.3. The molecule has 0 saturated heterocycles. The molecule has 0 N–H and O–H groups in total. The average Bonchev–Trinajstić information content (AvgIpc) is 2.77. The smallest absolute Gasteiger partial charge is 0.344 e. The van der Waals surface area contributed by atoms with Crippen LogP contribution >= 0.6 is 0 Å². The summed E-state index contributed by atoms with van der Waals surface area (Å²) in [5, 5.41) is 2.21. The van der Waals surface area contributed by atoms with Gasteiger partial charge in [0.15, 0.2) is 11.5 Å². The average molecular weight is 404 g/mol. The molecule has 0 amide bonds. The van der Waals surface area contributed by atoms with Crippen LogP contribution in [0.3, 0.4) is 0 Å². The van der Waals surface area contributed by atoms with E-state index < -0.39 is 0 Å². The van der Waals surface area contributed by atoms with Gasteiger partial charge in [-0.05, 0) is 29.7 Å². The first kappa shape index (κ1) is 19.8. The zero-order valence-corrected chi connectivity index (χ0v) is 17.5. The minimum absolute atomic E-state index is 0.293. The zero-order valence-electron chi connectivity index (χ0n) is 17.5. The first-order valence-electron chi connectivity index (χ1n) is 9.85. The molecule has 0 aliphatic heterocycles. The Morgan fingerprint density at radius 2 is 1.60 bits per heavy atom. The van der Waals surface area contributed by atoms with Crippen molar-refractivity contribution in [2.75, 3.05) is 14.2 Å². The lowest BCUT2D eigenvalue weighted by Gasteiger charge is -2.14. The maximum atomic E-state index is 12.6. The van der Waals surface area contributed by atoms with Crippen LogP contribution in [0.5, 0.6) is 17.2 Å². The largest absolute Gasteiger partial charge is 0.496 e. The lowest BCUT2D eigenvalue weighted by atomic mass is 9.98. The molecule has 1 aromatic heterocycles. The summed E-state index contributed by atoms with van der Waals surface area (Å²) < 4.78 is 22.6. The van der Waals surface area contributed by atoms with E-state index in [2.05, 4.69) is 13.8 Å². The highest BCUT2D eigenvalue weighted by Crippen LogP contribution is 2.36. The number of fused-ring (bicyclic) bond motifs is 3. The van der Waals surface area contributed by atoms with Crippen molar-refractivity contribution >= 4 is 21.7 Å². The molecule has 4 aromatic rings. The van der Waals surface area contributed by atoms with Crippen LogP contribution in [0.15, 0.2) is 63.8 Å². The van der Waals surface area contributed by atoms with E-state index in [1.54, 1.807) is 20.3 Å². The molecular weight excluding hydrogens is 380 g/mol. The van der Waals surface area contributed by atoms with Crippen LogP contribution in [0.2, 0.25) is 0 Å². The van der Waals surface area contributed by atoms with Gasteiger partial charge in [-0.1, -0.05) is 44.2 Å². The summed E-state index contributed by atoms with van der Waals surface area (Å²) in [6.45, 7) is 4.48. The second-order valence-electron chi connectivity index (χ2n) is 7.45. The third-order valence-corrected chi connectivity index (χ3v) is 5.26. The molecule has 5 nitrogen and oxygen atoms in total. The number of ether oxygens (including phenoxy) is 3. The Balaban J connectivity index is 1.79. The van der Waals surface area contributed by atoms with E-state index in [1.807, 2.05) is 48.5 Å². The summed E-state index contributed by atoms with van der Waals surface area (Å²) in [5.41, 5.74) is 2.10. The minimum Gasteiger partial charge on any atom is -0.496 e. The fraction of sp³-hybridized carbons (Fsp3) is 0.240. The summed E-state index contributed by atoms with van der Waals surface area (Å²) in [7, 11) is 3.22. The van der Waals surface area contributed by atoms with Crippen LogP contribution in [0.25, 0.3) is 21.7 Å². The summed E-state index contributed by atoms with van der Waals surface area (Å²) in [5.74, 6) is 2.14. The number of methoxy groups -OCH3 is 2. The summed E-state index contributed by atoms with van der Waals surface area (Å²) in [6.07, 6.45) is 0. The molecule has 0 spiro atoms. The Labute approximate surface area is 174 Å². The Kier molecular flexibility index (Phi) is 5.36. The van der Waals surface area contributed by atoms with Gasteiger partial charge in [-0.3, -0.25) is 0 Å². The van der Waals surface area contributed by atoms with Crippen LogP contribution in [0.4, 0.5) is 0 Å². The van der Waals surface area contributed by atoms with Crippen molar-refractivity contribution in [2.45, 2.75) is 26.4 Å². The number of hydrogen-bond acceptors (Lipinski definition) is 5. The van der Waals surface area contributed by atoms with E-state index in [1.165, 1.54) is 0 Å². The molecule has 0 unspecified atom stereocenters. The molecule has 30 heavy (non-hydrogen) atoms. The second kappa shape index (κ2) is 8.11. The van der Waals surface area contributed by atoms with E-state index in [9.17, 15) is 4.79 Å². The SMILES string of the molecule is COc1ccccc1COc1cc2oc(=O)c3cc(C(C)C)ccc3c2cc1OC. The lowest BCUT2D eigenvalue weighted by molar-refractivity contribution is 0.278. The van der Waals surface area contributed by atoms with Gasteiger partial charge in [-0.15, -0.1) is 0 Å². The van der Waals surface area contributed by atoms with Gasteiger partial charge in [-0.2, -0.15) is 0 Å². The van der Waals surface area contributed by atoms with Gasteiger partial charge in [0.25, 0.3) is 0 Å². The topological polar surface area (TPSA) is 57.9 Å². The summed E-state index contributed by atoms with van der Waals surface area (Å²) in [6, 6.07) is 17.1.